The van der Waals surface area contributed by atoms with Crippen molar-refractivity contribution in [3.05, 3.63) is 47.5 Å². The van der Waals surface area contributed by atoms with Gasteiger partial charge in [0.2, 0.25) is 0 Å². The van der Waals surface area contributed by atoms with Gasteiger partial charge in [-0.25, -0.2) is 0 Å². The molecule has 0 spiro atoms. The molecule has 1 atom stereocenters. The Morgan fingerprint density at radius 1 is 1.38 bits per heavy atom. The lowest BCUT2D eigenvalue weighted by atomic mass is 9.89. The van der Waals surface area contributed by atoms with Crippen LogP contribution in [0, 0.1) is 5.92 Å². The fourth-order valence-electron chi connectivity index (χ4n) is 3.03. The third-order valence-corrected chi connectivity index (χ3v) is 4.18. The molecule has 1 aromatic rings. The molecule has 0 saturated carbocycles. The van der Waals surface area contributed by atoms with Gasteiger partial charge in [-0.3, -0.25) is 4.79 Å². The van der Waals surface area contributed by atoms with E-state index in [1.807, 2.05) is 25.1 Å². The number of rotatable bonds is 5. The molecule has 1 saturated heterocycles. The van der Waals surface area contributed by atoms with E-state index in [1.54, 1.807) is 0 Å². The number of ketones is 1. The fourth-order valence-corrected chi connectivity index (χ4v) is 3.03. The summed E-state index contributed by atoms with van der Waals surface area (Å²) in [6, 6.07) is 6.15. The van der Waals surface area contributed by atoms with Crippen LogP contribution in [-0.2, 0) is 11.2 Å². The predicted octanol–water partition coefficient (Wildman–Crippen LogP) is 3.86. The maximum atomic E-state index is 12.6. The molecule has 1 aromatic carbocycles. The summed E-state index contributed by atoms with van der Waals surface area (Å²) in [5, 5.41) is 3.37. The molecule has 2 heteroatoms. The maximum absolute atomic E-state index is 12.6. The summed E-state index contributed by atoms with van der Waals surface area (Å²) in [7, 11) is 0. The Balaban J connectivity index is 2.16. The van der Waals surface area contributed by atoms with E-state index < -0.39 is 0 Å². The van der Waals surface area contributed by atoms with E-state index in [4.69, 9.17) is 0 Å². The highest BCUT2D eigenvalue weighted by molar-refractivity contribution is 5.85. The first-order valence-corrected chi connectivity index (χ1v) is 7.86. The van der Waals surface area contributed by atoms with Crippen LogP contribution in [-0.4, -0.2) is 18.9 Å². The van der Waals surface area contributed by atoms with E-state index in [0.29, 0.717) is 12.2 Å². The summed E-state index contributed by atoms with van der Waals surface area (Å²) in [5.41, 5.74) is 3.33. The summed E-state index contributed by atoms with van der Waals surface area (Å²) < 4.78 is 0. The van der Waals surface area contributed by atoms with Crippen molar-refractivity contribution in [3.8, 4) is 0 Å². The largest absolute Gasteiger partial charge is 0.317 e. The van der Waals surface area contributed by atoms with E-state index >= 15 is 0 Å². The van der Waals surface area contributed by atoms with Crippen molar-refractivity contribution in [3.63, 3.8) is 0 Å². The van der Waals surface area contributed by atoms with Crippen molar-refractivity contribution in [2.75, 3.05) is 13.1 Å². The minimum absolute atomic E-state index is 0.211. The van der Waals surface area contributed by atoms with Gasteiger partial charge in [-0.2, -0.15) is 0 Å². The van der Waals surface area contributed by atoms with Crippen LogP contribution in [0.1, 0.15) is 42.9 Å². The van der Waals surface area contributed by atoms with Crippen molar-refractivity contribution >= 4 is 17.9 Å². The molecule has 1 heterocycles. The molecule has 0 bridgehead atoms. The average Bonchev–Trinajstić information content (AvgIpc) is 2.77. The van der Waals surface area contributed by atoms with Gasteiger partial charge >= 0.3 is 0 Å². The molecule has 0 aliphatic carbocycles. The Kier molecular flexibility index (Phi) is 5.94. The third-order valence-electron chi connectivity index (χ3n) is 4.18. The zero-order valence-electron chi connectivity index (χ0n) is 12.9. The van der Waals surface area contributed by atoms with Gasteiger partial charge < -0.3 is 5.32 Å². The number of carbonyl (C=O) groups is 1. The van der Waals surface area contributed by atoms with Crippen LogP contribution in [0.2, 0.25) is 0 Å². The number of hydrogen-bond acceptors (Lipinski definition) is 2. The normalized spacial score (nSPS) is 19.4. The molecule has 0 amide bonds. The molecule has 112 valence electrons. The van der Waals surface area contributed by atoms with Gasteiger partial charge in [0.25, 0.3) is 0 Å². The van der Waals surface area contributed by atoms with E-state index in [2.05, 4.69) is 30.1 Å². The van der Waals surface area contributed by atoms with Crippen LogP contribution in [0.3, 0.4) is 0 Å². The predicted molar refractivity (Wildman–Crippen MR) is 90.2 cm³/mol. The molecular weight excluding hydrogens is 258 g/mol. The Morgan fingerprint density at radius 3 is 3.00 bits per heavy atom. The first-order valence-electron chi connectivity index (χ1n) is 7.86. The summed E-state index contributed by atoms with van der Waals surface area (Å²) in [5.74, 6) is 0.586. The number of carbonyl (C=O) groups excluding carboxylic acids is 1. The van der Waals surface area contributed by atoms with E-state index in [-0.39, 0.29) is 5.92 Å². The highest BCUT2D eigenvalue weighted by Crippen LogP contribution is 2.22. The second-order valence-corrected chi connectivity index (χ2v) is 5.65. The van der Waals surface area contributed by atoms with Crippen molar-refractivity contribution in [2.24, 2.45) is 5.92 Å². The van der Waals surface area contributed by atoms with Gasteiger partial charge in [0.1, 0.15) is 5.78 Å². The lowest BCUT2D eigenvalue weighted by molar-refractivity contribution is -0.122. The Hall–Kier alpha value is -1.67. The van der Waals surface area contributed by atoms with Gasteiger partial charge in [0.15, 0.2) is 0 Å². The Morgan fingerprint density at radius 2 is 2.24 bits per heavy atom. The van der Waals surface area contributed by atoms with Crippen molar-refractivity contribution in [2.45, 2.75) is 32.6 Å². The summed E-state index contributed by atoms with van der Waals surface area (Å²) in [4.78, 5) is 12.6. The number of allylic oxidation sites excluding steroid dienone is 1. The first kappa shape index (κ1) is 15.7. The number of nitrogens with one attached hydrogen (secondary N) is 1. The van der Waals surface area contributed by atoms with Crippen LogP contribution >= 0.6 is 0 Å². The number of hydrogen-bond donors (Lipinski definition) is 1. The summed E-state index contributed by atoms with van der Waals surface area (Å²) >= 11 is 0. The molecule has 1 aliphatic rings. The molecule has 1 fully saturated rings. The highest BCUT2D eigenvalue weighted by atomic mass is 16.1. The van der Waals surface area contributed by atoms with Crippen LogP contribution in [0.15, 0.2) is 30.9 Å². The van der Waals surface area contributed by atoms with Gasteiger partial charge in [-0.1, -0.05) is 43.0 Å². The van der Waals surface area contributed by atoms with Crippen molar-refractivity contribution < 1.29 is 4.79 Å². The lowest BCUT2D eigenvalue weighted by Gasteiger charge is -2.14. The van der Waals surface area contributed by atoms with Crippen LogP contribution in [0.5, 0.6) is 0 Å². The molecular formula is C19H25NO. The summed E-state index contributed by atoms with van der Waals surface area (Å²) in [6.45, 7) is 7.92. The minimum atomic E-state index is 0.211. The Bertz CT molecular complexity index is 522. The maximum Gasteiger partial charge on any atom is 0.140 e. The van der Waals surface area contributed by atoms with Crippen LogP contribution < -0.4 is 5.32 Å². The van der Waals surface area contributed by atoms with Crippen LogP contribution in [0.25, 0.3) is 12.2 Å². The van der Waals surface area contributed by atoms with Crippen LogP contribution in [0.4, 0.5) is 0 Å². The first-order chi connectivity index (χ1) is 10.3. The molecule has 0 aromatic heterocycles. The van der Waals surface area contributed by atoms with Gasteiger partial charge in [-0.05, 0) is 56.0 Å². The van der Waals surface area contributed by atoms with E-state index in [9.17, 15) is 4.79 Å². The molecule has 1 aliphatic heterocycles. The van der Waals surface area contributed by atoms with Gasteiger partial charge in [0, 0.05) is 12.3 Å². The standard InChI is InChI=1S/C19H25NO/c1-3-7-15-8-5-9-17(18(15)4-2)14-19(21)16-10-6-12-20-13-11-16/h3-5,7-9,16,20H,2,6,10-14H2,1H3/b7-3-. The molecule has 2 rings (SSSR count). The molecule has 21 heavy (non-hydrogen) atoms. The number of Topliss-reactive ketones (excluding diaryl/α,β-unsaturated/α-hetero) is 1. The highest BCUT2D eigenvalue weighted by Gasteiger charge is 2.20. The van der Waals surface area contributed by atoms with Gasteiger partial charge in [0.05, 0.1) is 0 Å². The van der Waals surface area contributed by atoms with Crippen molar-refractivity contribution in [1.82, 2.24) is 5.32 Å². The minimum Gasteiger partial charge on any atom is -0.317 e. The van der Waals surface area contributed by atoms with Gasteiger partial charge in [-0.15, -0.1) is 0 Å². The third kappa shape index (κ3) is 4.15. The molecule has 2 nitrogen and oxygen atoms in total. The van der Waals surface area contributed by atoms with E-state index in [1.165, 1.54) is 0 Å². The second-order valence-electron chi connectivity index (χ2n) is 5.65. The quantitative estimate of drug-likeness (QED) is 0.889. The SMILES string of the molecule is C=Cc1c(/C=C\C)cccc1CC(=O)C1CCCNCC1. The Labute approximate surface area is 128 Å². The zero-order chi connectivity index (χ0) is 15.1. The second kappa shape index (κ2) is 7.94. The monoisotopic (exact) mass is 283 g/mol. The fraction of sp³-hybridized carbons (Fsp3) is 0.421. The molecule has 1 N–H and O–H groups in total. The number of benzene rings is 1. The van der Waals surface area contributed by atoms with E-state index in [0.717, 1.165) is 49.0 Å². The summed E-state index contributed by atoms with van der Waals surface area (Å²) in [6.07, 6.45) is 9.57. The molecule has 1 unspecified atom stereocenters. The molecule has 0 radical (unpaired) electrons. The van der Waals surface area contributed by atoms with Crippen molar-refractivity contribution in [1.29, 1.82) is 0 Å². The zero-order valence-corrected chi connectivity index (χ0v) is 12.9. The lowest BCUT2D eigenvalue weighted by Crippen LogP contribution is -2.19. The average molecular weight is 283 g/mol. The smallest absolute Gasteiger partial charge is 0.140 e. The topological polar surface area (TPSA) is 29.1 Å².